The summed E-state index contributed by atoms with van der Waals surface area (Å²) in [5.41, 5.74) is 0. The molecule has 0 unspecified atom stereocenters. The molecular weight excluding hydrogens is 354 g/mol. The third-order valence-electron chi connectivity index (χ3n) is 3.28. The van der Waals surface area contributed by atoms with E-state index in [9.17, 15) is 8.42 Å². The maximum Gasteiger partial charge on any atom is 0.245 e. The molecule has 0 radical (unpaired) electrons. The van der Waals surface area contributed by atoms with E-state index in [1.165, 1.54) is 6.07 Å². The zero-order valence-corrected chi connectivity index (χ0v) is 15.5. The summed E-state index contributed by atoms with van der Waals surface area (Å²) >= 11 is 0. The average Bonchev–Trinajstić information content (AvgIpc) is 2.65. The smallest absolute Gasteiger partial charge is 0.245 e. The van der Waals surface area contributed by atoms with Crippen LogP contribution in [0.15, 0.2) is 53.4 Å². The number of sulfonamides is 1. The lowest BCUT2D eigenvalue weighted by Gasteiger charge is -2.10. The van der Waals surface area contributed by atoms with Gasteiger partial charge in [-0.25, -0.2) is 8.42 Å². The Morgan fingerprint density at radius 1 is 0.923 bits per heavy atom. The number of nitrogens with one attached hydrogen (secondary N) is 1. The molecule has 0 spiro atoms. The van der Waals surface area contributed by atoms with E-state index < -0.39 is 10.0 Å². The molecule has 138 valence electrons. The van der Waals surface area contributed by atoms with Gasteiger partial charge in [0.05, 0.1) is 20.3 Å². The van der Waals surface area contributed by atoms with Crippen molar-refractivity contribution in [1.82, 2.24) is 4.72 Å². The molecule has 6 nitrogen and oxygen atoms in total. The summed E-state index contributed by atoms with van der Waals surface area (Å²) in [6.45, 7) is 2.27. The maximum atomic E-state index is 12.4. The van der Waals surface area contributed by atoms with Crippen LogP contribution in [-0.4, -0.2) is 35.3 Å². The zero-order chi connectivity index (χ0) is 18.8. The third-order valence-corrected chi connectivity index (χ3v) is 4.72. The molecule has 0 amide bonds. The molecule has 0 saturated carbocycles. The van der Waals surface area contributed by atoms with Gasteiger partial charge < -0.3 is 14.2 Å². The number of methoxy groups -OCH3 is 1. The summed E-state index contributed by atoms with van der Waals surface area (Å²) in [4.78, 5) is 0.0916. The summed E-state index contributed by atoms with van der Waals surface area (Å²) in [6, 6.07) is 13.7. The first-order valence-electron chi connectivity index (χ1n) is 8.01. The average molecular weight is 375 g/mol. The monoisotopic (exact) mass is 375 g/mol. The normalized spacial score (nSPS) is 10.5. The second-order valence-electron chi connectivity index (χ2n) is 5.00. The lowest BCUT2D eigenvalue weighted by atomic mass is 10.3. The summed E-state index contributed by atoms with van der Waals surface area (Å²) in [6.07, 6.45) is 0. The molecule has 0 saturated heterocycles. The first-order chi connectivity index (χ1) is 12.6. The number of hydrogen-bond donors (Lipinski definition) is 1. The van der Waals surface area contributed by atoms with Gasteiger partial charge in [-0.05, 0) is 31.2 Å². The summed E-state index contributed by atoms with van der Waals surface area (Å²) < 4.78 is 43.2. The van der Waals surface area contributed by atoms with Crippen molar-refractivity contribution in [2.75, 3.05) is 26.9 Å². The highest BCUT2D eigenvalue weighted by Crippen LogP contribution is 2.25. The summed E-state index contributed by atoms with van der Waals surface area (Å²) in [7, 11) is -2.14. The minimum atomic E-state index is -3.70. The Balaban J connectivity index is 1.91. The van der Waals surface area contributed by atoms with Gasteiger partial charge in [0, 0.05) is 0 Å². The largest absolute Gasteiger partial charge is 0.493 e. The van der Waals surface area contributed by atoms with Gasteiger partial charge >= 0.3 is 0 Å². The molecule has 1 N–H and O–H groups in total. The SMILES string of the molecule is CCOc1ccccc1S(=O)(=O)NCC#CCOc1ccccc1OC. The second kappa shape index (κ2) is 9.70. The van der Waals surface area contributed by atoms with Crippen molar-refractivity contribution in [3.8, 4) is 29.1 Å². The minimum Gasteiger partial charge on any atom is -0.493 e. The van der Waals surface area contributed by atoms with Crippen LogP contribution in [0.3, 0.4) is 0 Å². The fourth-order valence-corrected chi connectivity index (χ4v) is 3.19. The number of hydrogen-bond acceptors (Lipinski definition) is 5. The number of para-hydroxylation sites is 3. The van der Waals surface area contributed by atoms with Crippen molar-refractivity contribution >= 4 is 10.0 Å². The summed E-state index contributed by atoms with van der Waals surface area (Å²) in [5, 5.41) is 0. The Labute approximate surface area is 154 Å². The zero-order valence-electron chi connectivity index (χ0n) is 14.7. The summed E-state index contributed by atoms with van der Waals surface area (Å²) in [5.74, 6) is 6.99. The number of benzene rings is 2. The third kappa shape index (κ3) is 5.41. The van der Waals surface area contributed by atoms with Crippen LogP contribution in [0.25, 0.3) is 0 Å². The van der Waals surface area contributed by atoms with Crippen LogP contribution in [0.5, 0.6) is 17.2 Å². The molecule has 0 heterocycles. The standard InChI is InChI=1S/C19H21NO5S/c1-3-24-18-12-6-7-13-19(18)26(21,22)20-14-8-9-15-25-17-11-5-4-10-16(17)23-2/h4-7,10-13,20H,3,14-15H2,1-2H3. The molecule has 0 atom stereocenters. The van der Waals surface area contributed by atoms with Gasteiger partial charge in [-0.3, -0.25) is 0 Å². The lowest BCUT2D eigenvalue weighted by molar-refractivity contribution is 0.330. The van der Waals surface area contributed by atoms with Gasteiger partial charge in [-0.2, -0.15) is 4.72 Å². The van der Waals surface area contributed by atoms with Crippen LogP contribution in [0, 0.1) is 11.8 Å². The first kappa shape index (κ1) is 19.6. The maximum absolute atomic E-state index is 12.4. The number of ether oxygens (including phenoxy) is 3. The van der Waals surface area contributed by atoms with Gasteiger partial charge in [0.25, 0.3) is 0 Å². The van der Waals surface area contributed by atoms with Gasteiger partial charge in [0.1, 0.15) is 17.3 Å². The topological polar surface area (TPSA) is 73.9 Å². The van der Waals surface area contributed by atoms with Crippen molar-refractivity contribution in [2.45, 2.75) is 11.8 Å². The van der Waals surface area contributed by atoms with E-state index in [1.807, 2.05) is 12.1 Å². The highest BCUT2D eigenvalue weighted by Gasteiger charge is 2.18. The molecule has 2 aromatic rings. The molecular formula is C19H21NO5S. The molecule has 0 fully saturated rings. The highest BCUT2D eigenvalue weighted by atomic mass is 32.2. The molecule has 0 aromatic heterocycles. The van der Waals surface area contributed by atoms with Crippen LogP contribution in [-0.2, 0) is 10.0 Å². The van der Waals surface area contributed by atoms with Crippen molar-refractivity contribution < 1.29 is 22.6 Å². The predicted molar refractivity (Wildman–Crippen MR) is 99.1 cm³/mol. The fourth-order valence-electron chi connectivity index (χ4n) is 2.12. The number of rotatable bonds is 8. The van der Waals surface area contributed by atoms with Crippen LogP contribution in [0.1, 0.15) is 6.92 Å². The van der Waals surface area contributed by atoms with Crippen molar-refractivity contribution in [3.05, 3.63) is 48.5 Å². The van der Waals surface area contributed by atoms with Gasteiger partial charge in [-0.15, -0.1) is 0 Å². The van der Waals surface area contributed by atoms with E-state index in [0.717, 1.165) is 0 Å². The van der Waals surface area contributed by atoms with E-state index in [2.05, 4.69) is 16.6 Å². The van der Waals surface area contributed by atoms with E-state index >= 15 is 0 Å². The van der Waals surface area contributed by atoms with E-state index in [4.69, 9.17) is 14.2 Å². The predicted octanol–water partition coefficient (Wildman–Crippen LogP) is 2.45. The molecule has 2 aromatic carbocycles. The molecule has 7 heteroatoms. The molecule has 26 heavy (non-hydrogen) atoms. The van der Waals surface area contributed by atoms with Crippen LogP contribution in [0.2, 0.25) is 0 Å². The van der Waals surface area contributed by atoms with Gasteiger partial charge in [-0.1, -0.05) is 36.1 Å². The van der Waals surface area contributed by atoms with E-state index in [-0.39, 0.29) is 18.0 Å². The van der Waals surface area contributed by atoms with Crippen LogP contribution >= 0.6 is 0 Å². The molecule has 0 aliphatic rings. The Morgan fingerprint density at radius 2 is 1.58 bits per heavy atom. The Morgan fingerprint density at radius 3 is 2.27 bits per heavy atom. The van der Waals surface area contributed by atoms with E-state index in [1.54, 1.807) is 44.4 Å². The molecule has 0 aliphatic heterocycles. The van der Waals surface area contributed by atoms with Gasteiger partial charge in [0.2, 0.25) is 10.0 Å². The van der Waals surface area contributed by atoms with Crippen LogP contribution < -0.4 is 18.9 Å². The fraction of sp³-hybridized carbons (Fsp3) is 0.263. The van der Waals surface area contributed by atoms with Gasteiger partial charge in [0.15, 0.2) is 11.5 Å². The second-order valence-corrected chi connectivity index (χ2v) is 6.73. The van der Waals surface area contributed by atoms with Crippen molar-refractivity contribution in [1.29, 1.82) is 0 Å². The Hall–Kier alpha value is -2.69. The Bertz CT molecular complexity index is 884. The first-order valence-corrected chi connectivity index (χ1v) is 9.50. The quantitative estimate of drug-likeness (QED) is 0.718. The van der Waals surface area contributed by atoms with Crippen LogP contribution in [0.4, 0.5) is 0 Å². The van der Waals surface area contributed by atoms with Crippen molar-refractivity contribution in [2.24, 2.45) is 0 Å². The van der Waals surface area contributed by atoms with Crippen molar-refractivity contribution in [3.63, 3.8) is 0 Å². The lowest BCUT2D eigenvalue weighted by Crippen LogP contribution is -2.24. The molecule has 0 aliphatic carbocycles. The molecule has 2 rings (SSSR count). The van der Waals surface area contributed by atoms with E-state index in [0.29, 0.717) is 23.9 Å². The Kier molecular flexibility index (Phi) is 7.33. The highest BCUT2D eigenvalue weighted by molar-refractivity contribution is 7.89. The molecule has 0 bridgehead atoms. The minimum absolute atomic E-state index is 0.0297.